The Kier molecular flexibility index (Phi) is 4.39. The molecule has 0 unspecified atom stereocenters. The van der Waals surface area contributed by atoms with Gasteiger partial charge in [0.15, 0.2) is 0 Å². The molecule has 0 aliphatic carbocycles. The number of aromatic carboxylic acids is 1. The smallest absolute Gasteiger partial charge is 0.336 e. The molecule has 0 fully saturated rings. The average molecular weight is 310 g/mol. The SMILES string of the molecule is CC(C)(C)c1cccc(-c2ccccc2C(=O)O)c1C(C)(C)C. The second-order valence-electron chi connectivity index (χ2n) is 8.08. The standard InChI is InChI=1S/C21H26O2/c1-20(2,3)17-13-9-12-15(18(17)21(4,5)6)14-10-7-8-11-16(14)19(22)23/h7-13H,1-6H3,(H,22,23). The van der Waals surface area contributed by atoms with E-state index in [9.17, 15) is 9.90 Å². The van der Waals surface area contributed by atoms with Gasteiger partial charge in [0.25, 0.3) is 0 Å². The number of benzene rings is 2. The molecule has 0 aliphatic heterocycles. The summed E-state index contributed by atoms with van der Waals surface area (Å²) in [5.41, 5.74) is 4.56. The van der Waals surface area contributed by atoms with Gasteiger partial charge in [-0.3, -0.25) is 0 Å². The summed E-state index contributed by atoms with van der Waals surface area (Å²) in [4.78, 5) is 11.6. The molecular formula is C21H26O2. The van der Waals surface area contributed by atoms with E-state index in [4.69, 9.17) is 0 Å². The molecule has 0 saturated carbocycles. The van der Waals surface area contributed by atoms with Gasteiger partial charge in [0.2, 0.25) is 0 Å². The molecule has 0 atom stereocenters. The molecule has 2 aromatic rings. The van der Waals surface area contributed by atoms with E-state index in [1.54, 1.807) is 12.1 Å². The molecule has 23 heavy (non-hydrogen) atoms. The second-order valence-corrected chi connectivity index (χ2v) is 8.08. The number of carboxylic acids is 1. The maximum atomic E-state index is 11.6. The van der Waals surface area contributed by atoms with Crippen molar-refractivity contribution >= 4 is 5.97 Å². The van der Waals surface area contributed by atoms with Gasteiger partial charge < -0.3 is 5.11 Å². The van der Waals surface area contributed by atoms with Crippen LogP contribution in [0.2, 0.25) is 0 Å². The highest BCUT2D eigenvalue weighted by atomic mass is 16.4. The molecule has 0 aliphatic rings. The first kappa shape index (κ1) is 17.3. The van der Waals surface area contributed by atoms with E-state index >= 15 is 0 Å². The average Bonchev–Trinajstić information content (AvgIpc) is 2.44. The summed E-state index contributed by atoms with van der Waals surface area (Å²) < 4.78 is 0. The van der Waals surface area contributed by atoms with Crippen molar-refractivity contribution in [3.63, 3.8) is 0 Å². The van der Waals surface area contributed by atoms with Crippen LogP contribution in [0.25, 0.3) is 11.1 Å². The first-order valence-electron chi connectivity index (χ1n) is 8.00. The Bertz CT molecular complexity index is 728. The molecule has 2 heteroatoms. The quantitative estimate of drug-likeness (QED) is 0.778. The molecule has 2 aromatic carbocycles. The fraction of sp³-hybridized carbons (Fsp3) is 0.381. The van der Waals surface area contributed by atoms with Gasteiger partial charge >= 0.3 is 5.97 Å². The minimum Gasteiger partial charge on any atom is -0.478 e. The van der Waals surface area contributed by atoms with Crippen LogP contribution in [0.3, 0.4) is 0 Å². The molecule has 0 bridgehead atoms. The number of carboxylic acid groups (broad SMARTS) is 1. The van der Waals surface area contributed by atoms with Crippen molar-refractivity contribution in [1.29, 1.82) is 0 Å². The highest BCUT2D eigenvalue weighted by molar-refractivity contribution is 5.96. The maximum Gasteiger partial charge on any atom is 0.336 e. The highest BCUT2D eigenvalue weighted by Crippen LogP contribution is 2.41. The van der Waals surface area contributed by atoms with Gasteiger partial charge in [-0.15, -0.1) is 0 Å². The monoisotopic (exact) mass is 310 g/mol. The topological polar surface area (TPSA) is 37.3 Å². The highest BCUT2D eigenvalue weighted by Gasteiger charge is 2.28. The van der Waals surface area contributed by atoms with Gasteiger partial charge in [-0.1, -0.05) is 77.9 Å². The van der Waals surface area contributed by atoms with Crippen LogP contribution < -0.4 is 0 Å². The van der Waals surface area contributed by atoms with Crippen LogP contribution in [0.5, 0.6) is 0 Å². The second kappa shape index (κ2) is 5.84. The summed E-state index contributed by atoms with van der Waals surface area (Å²) in [6.45, 7) is 13.2. The zero-order chi connectivity index (χ0) is 17.4. The summed E-state index contributed by atoms with van der Waals surface area (Å²) in [5, 5.41) is 9.55. The lowest BCUT2D eigenvalue weighted by atomic mass is 9.72. The van der Waals surface area contributed by atoms with Crippen molar-refractivity contribution < 1.29 is 9.90 Å². The van der Waals surface area contributed by atoms with Crippen LogP contribution in [-0.4, -0.2) is 11.1 Å². The summed E-state index contributed by atoms with van der Waals surface area (Å²) >= 11 is 0. The largest absolute Gasteiger partial charge is 0.478 e. The Morgan fingerprint density at radius 1 is 0.783 bits per heavy atom. The van der Waals surface area contributed by atoms with Crippen LogP contribution in [0.4, 0.5) is 0 Å². The lowest BCUT2D eigenvalue weighted by Gasteiger charge is -2.32. The molecule has 0 radical (unpaired) electrons. The summed E-state index contributed by atoms with van der Waals surface area (Å²) in [7, 11) is 0. The van der Waals surface area contributed by atoms with Crippen molar-refractivity contribution in [2.75, 3.05) is 0 Å². The van der Waals surface area contributed by atoms with Crippen LogP contribution in [0.15, 0.2) is 42.5 Å². The molecule has 0 amide bonds. The van der Waals surface area contributed by atoms with Gasteiger partial charge in [-0.2, -0.15) is 0 Å². The van der Waals surface area contributed by atoms with Crippen LogP contribution in [-0.2, 0) is 10.8 Å². The summed E-state index contributed by atoms with van der Waals surface area (Å²) in [6, 6.07) is 13.5. The van der Waals surface area contributed by atoms with Crippen molar-refractivity contribution in [2.24, 2.45) is 0 Å². The zero-order valence-corrected chi connectivity index (χ0v) is 14.9. The zero-order valence-electron chi connectivity index (χ0n) is 14.9. The van der Waals surface area contributed by atoms with Crippen molar-refractivity contribution in [1.82, 2.24) is 0 Å². The maximum absolute atomic E-state index is 11.6. The molecule has 2 rings (SSSR count). The van der Waals surface area contributed by atoms with Gasteiger partial charge in [-0.25, -0.2) is 4.79 Å². The molecule has 0 heterocycles. The molecular weight excluding hydrogens is 284 g/mol. The normalized spacial score (nSPS) is 12.3. The Balaban J connectivity index is 2.87. The molecule has 122 valence electrons. The molecule has 2 nitrogen and oxygen atoms in total. The van der Waals surface area contributed by atoms with Crippen molar-refractivity contribution in [3.8, 4) is 11.1 Å². The fourth-order valence-electron chi connectivity index (χ4n) is 3.11. The molecule has 0 spiro atoms. The molecule has 1 N–H and O–H groups in total. The van der Waals surface area contributed by atoms with E-state index in [0.717, 1.165) is 11.1 Å². The van der Waals surface area contributed by atoms with E-state index in [2.05, 4.69) is 47.6 Å². The molecule has 0 aromatic heterocycles. The van der Waals surface area contributed by atoms with Gasteiger partial charge in [0.05, 0.1) is 5.56 Å². The van der Waals surface area contributed by atoms with Gasteiger partial charge in [0.1, 0.15) is 0 Å². The minimum atomic E-state index is -0.887. The summed E-state index contributed by atoms with van der Waals surface area (Å²) in [5.74, 6) is -0.887. The third-order valence-corrected chi connectivity index (χ3v) is 4.07. The van der Waals surface area contributed by atoms with Crippen molar-refractivity contribution in [3.05, 3.63) is 59.2 Å². The Labute approximate surface area is 139 Å². The first-order valence-corrected chi connectivity index (χ1v) is 8.00. The summed E-state index contributed by atoms with van der Waals surface area (Å²) in [6.07, 6.45) is 0. The van der Waals surface area contributed by atoms with Crippen molar-refractivity contribution in [2.45, 2.75) is 52.4 Å². The van der Waals surface area contributed by atoms with E-state index in [0.29, 0.717) is 5.56 Å². The Morgan fingerprint density at radius 3 is 1.87 bits per heavy atom. The number of hydrogen-bond acceptors (Lipinski definition) is 1. The predicted molar refractivity (Wildman–Crippen MR) is 96.2 cm³/mol. The Morgan fingerprint density at radius 2 is 1.35 bits per heavy atom. The van der Waals surface area contributed by atoms with E-state index in [1.165, 1.54) is 11.1 Å². The predicted octanol–water partition coefficient (Wildman–Crippen LogP) is 5.65. The number of rotatable bonds is 2. The fourth-order valence-corrected chi connectivity index (χ4v) is 3.11. The van der Waals surface area contributed by atoms with Gasteiger partial charge in [-0.05, 0) is 39.2 Å². The van der Waals surface area contributed by atoms with Crippen LogP contribution >= 0.6 is 0 Å². The Hall–Kier alpha value is -2.09. The number of carbonyl (C=O) groups is 1. The third kappa shape index (κ3) is 3.47. The third-order valence-electron chi connectivity index (χ3n) is 4.07. The van der Waals surface area contributed by atoms with E-state index in [1.807, 2.05) is 24.3 Å². The minimum absolute atomic E-state index is 0.00318. The number of hydrogen-bond donors (Lipinski definition) is 1. The van der Waals surface area contributed by atoms with E-state index in [-0.39, 0.29) is 10.8 Å². The molecule has 0 saturated heterocycles. The van der Waals surface area contributed by atoms with Gasteiger partial charge in [0, 0.05) is 0 Å². The van der Waals surface area contributed by atoms with E-state index < -0.39 is 5.97 Å². The lowest BCUT2D eigenvalue weighted by molar-refractivity contribution is 0.0697. The van der Waals surface area contributed by atoms with Crippen LogP contribution in [0.1, 0.15) is 63.0 Å². The lowest BCUT2D eigenvalue weighted by Crippen LogP contribution is -2.23. The first-order chi connectivity index (χ1) is 10.5. The van der Waals surface area contributed by atoms with Crippen LogP contribution in [0, 0.1) is 0 Å².